The van der Waals surface area contributed by atoms with Crippen molar-refractivity contribution in [3.8, 4) is 11.5 Å². The maximum Gasteiger partial charge on any atom is 0.231 e. The molecule has 1 fully saturated rings. The number of aromatic hydroxyl groups is 1. The summed E-state index contributed by atoms with van der Waals surface area (Å²) in [4.78, 5) is 12.1. The highest BCUT2D eigenvalue weighted by atomic mass is 16.5. The van der Waals surface area contributed by atoms with Gasteiger partial charge in [-0.1, -0.05) is 0 Å². The number of hydrogen-bond donors (Lipinski definition) is 1. The lowest BCUT2D eigenvalue weighted by Crippen LogP contribution is -2.13. The Morgan fingerprint density at radius 3 is 2.71 bits per heavy atom. The summed E-state index contributed by atoms with van der Waals surface area (Å²) in [6.07, 6.45) is 1.47. The van der Waals surface area contributed by atoms with Crippen LogP contribution in [0, 0.1) is 0 Å². The molecule has 2 aliphatic rings. The predicted molar refractivity (Wildman–Crippen MR) is 60.1 cm³/mol. The second-order valence-corrected chi connectivity index (χ2v) is 4.16. The van der Waals surface area contributed by atoms with Gasteiger partial charge >= 0.3 is 0 Å². The summed E-state index contributed by atoms with van der Waals surface area (Å²) in [5.41, 5.74) is 1.54. The third-order valence-corrected chi connectivity index (χ3v) is 3.05. The number of rotatable bonds is 0. The van der Waals surface area contributed by atoms with Crippen LogP contribution in [0.2, 0.25) is 0 Å². The number of phenolic OH excluding ortho intramolecular Hbond substituents is 1. The van der Waals surface area contributed by atoms with E-state index in [1.807, 2.05) is 0 Å². The molecule has 0 spiro atoms. The zero-order valence-corrected chi connectivity index (χ0v) is 9.23. The Bertz CT molecular complexity index is 508. The van der Waals surface area contributed by atoms with Crippen LogP contribution in [0.5, 0.6) is 11.5 Å². The lowest BCUT2D eigenvalue weighted by atomic mass is 10.0. The number of ketones is 1. The van der Waals surface area contributed by atoms with Crippen LogP contribution in [0.3, 0.4) is 0 Å². The summed E-state index contributed by atoms with van der Waals surface area (Å²) in [5, 5.41) is 9.35. The third kappa shape index (κ3) is 1.70. The maximum absolute atomic E-state index is 12.1. The number of phenols is 1. The molecule has 0 unspecified atom stereocenters. The van der Waals surface area contributed by atoms with E-state index in [1.165, 1.54) is 12.1 Å². The molecule has 17 heavy (non-hydrogen) atoms. The number of carbonyl (C=O) groups excluding carboxylic acids is 1. The Morgan fingerprint density at radius 2 is 1.94 bits per heavy atom. The van der Waals surface area contributed by atoms with Crippen molar-refractivity contribution in [3.63, 3.8) is 0 Å². The molecule has 1 aromatic rings. The summed E-state index contributed by atoms with van der Waals surface area (Å²) in [6, 6.07) is 4.57. The highest BCUT2D eigenvalue weighted by Gasteiger charge is 2.30. The molecule has 4 nitrogen and oxygen atoms in total. The first-order valence-corrected chi connectivity index (χ1v) is 5.61. The van der Waals surface area contributed by atoms with E-state index >= 15 is 0 Å². The van der Waals surface area contributed by atoms with E-state index in [2.05, 4.69) is 0 Å². The van der Waals surface area contributed by atoms with E-state index in [0.29, 0.717) is 30.3 Å². The minimum absolute atomic E-state index is 0.0862. The van der Waals surface area contributed by atoms with Crippen molar-refractivity contribution < 1.29 is 19.4 Å². The molecule has 0 saturated carbocycles. The van der Waals surface area contributed by atoms with E-state index in [4.69, 9.17) is 9.47 Å². The number of Topliss-reactive ketones (excluding diaryl/α,β-unsaturated/α-hetero) is 1. The SMILES string of the molecule is O=C1C(=C2CCOCC2)Oc2cc(O)ccc21. The Kier molecular flexibility index (Phi) is 2.37. The lowest BCUT2D eigenvalue weighted by Gasteiger charge is -2.15. The van der Waals surface area contributed by atoms with Crippen molar-refractivity contribution in [1.82, 2.24) is 0 Å². The minimum atomic E-state index is -0.0862. The summed E-state index contributed by atoms with van der Waals surface area (Å²) < 4.78 is 10.8. The van der Waals surface area contributed by atoms with Gasteiger partial charge in [0.25, 0.3) is 0 Å². The van der Waals surface area contributed by atoms with Gasteiger partial charge in [-0.3, -0.25) is 4.79 Å². The number of benzene rings is 1. The van der Waals surface area contributed by atoms with E-state index in [1.54, 1.807) is 6.07 Å². The molecule has 2 heterocycles. The Balaban J connectivity index is 2.00. The number of ether oxygens (including phenoxy) is 2. The first-order valence-electron chi connectivity index (χ1n) is 5.61. The van der Waals surface area contributed by atoms with Crippen LogP contribution in [0.25, 0.3) is 0 Å². The predicted octanol–water partition coefficient (Wildman–Crippen LogP) is 2.03. The first kappa shape index (κ1) is 10.4. The number of fused-ring (bicyclic) bond motifs is 1. The average Bonchev–Trinajstić information content (AvgIpc) is 2.67. The van der Waals surface area contributed by atoms with Crippen LogP contribution in [0.1, 0.15) is 23.2 Å². The monoisotopic (exact) mass is 232 g/mol. The van der Waals surface area contributed by atoms with Crippen molar-refractivity contribution in [1.29, 1.82) is 0 Å². The fourth-order valence-electron chi connectivity index (χ4n) is 2.14. The molecule has 1 saturated heterocycles. The van der Waals surface area contributed by atoms with Gasteiger partial charge in [0.05, 0.1) is 18.8 Å². The Hall–Kier alpha value is -1.81. The molecule has 0 amide bonds. The molecular weight excluding hydrogens is 220 g/mol. The van der Waals surface area contributed by atoms with Gasteiger partial charge in [-0.15, -0.1) is 0 Å². The van der Waals surface area contributed by atoms with Crippen molar-refractivity contribution >= 4 is 5.78 Å². The molecule has 1 N–H and O–H groups in total. The molecule has 0 atom stereocenters. The molecule has 1 aromatic carbocycles. The van der Waals surface area contributed by atoms with Crippen LogP contribution in [-0.2, 0) is 4.74 Å². The Morgan fingerprint density at radius 1 is 1.18 bits per heavy atom. The zero-order valence-electron chi connectivity index (χ0n) is 9.23. The summed E-state index contributed by atoms with van der Waals surface area (Å²) in [7, 11) is 0. The van der Waals surface area contributed by atoms with Gasteiger partial charge in [0, 0.05) is 6.07 Å². The topological polar surface area (TPSA) is 55.8 Å². The molecule has 0 bridgehead atoms. The average molecular weight is 232 g/mol. The van der Waals surface area contributed by atoms with Gasteiger partial charge in [0.2, 0.25) is 5.78 Å². The van der Waals surface area contributed by atoms with Gasteiger partial charge in [0.1, 0.15) is 11.5 Å². The molecule has 3 rings (SSSR count). The lowest BCUT2D eigenvalue weighted by molar-refractivity contribution is 0.0988. The van der Waals surface area contributed by atoms with Crippen molar-refractivity contribution in [3.05, 3.63) is 35.1 Å². The van der Waals surface area contributed by atoms with Gasteiger partial charge < -0.3 is 14.6 Å². The molecular formula is C13H12O4. The largest absolute Gasteiger partial charge is 0.508 e. The number of hydrogen-bond acceptors (Lipinski definition) is 4. The van der Waals surface area contributed by atoms with Crippen LogP contribution in [0.4, 0.5) is 0 Å². The molecule has 0 aromatic heterocycles. The Labute approximate surface area is 98.5 Å². The molecule has 0 radical (unpaired) electrons. The molecule has 4 heteroatoms. The van der Waals surface area contributed by atoms with Crippen molar-refractivity contribution in [2.45, 2.75) is 12.8 Å². The van der Waals surface area contributed by atoms with E-state index in [-0.39, 0.29) is 11.5 Å². The first-order chi connectivity index (χ1) is 8.25. The van der Waals surface area contributed by atoms with Crippen LogP contribution in [-0.4, -0.2) is 24.1 Å². The second-order valence-electron chi connectivity index (χ2n) is 4.16. The summed E-state index contributed by atoms with van der Waals surface area (Å²) in [6.45, 7) is 1.27. The summed E-state index contributed by atoms with van der Waals surface area (Å²) >= 11 is 0. The molecule has 2 aliphatic heterocycles. The maximum atomic E-state index is 12.1. The fourth-order valence-corrected chi connectivity index (χ4v) is 2.14. The van der Waals surface area contributed by atoms with E-state index < -0.39 is 0 Å². The second kappa shape index (κ2) is 3.89. The number of allylic oxidation sites excluding steroid dienone is 1. The van der Waals surface area contributed by atoms with Gasteiger partial charge in [-0.25, -0.2) is 0 Å². The van der Waals surface area contributed by atoms with Crippen LogP contribution < -0.4 is 4.74 Å². The standard InChI is InChI=1S/C13H12O4/c14-9-1-2-10-11(7-9)17-13(12(10)15)8-3-5-16-6-4-8/h1-2,7,14H,3-6H2. The van der Waals surface area contributed by atoms with E-state index in [9.17, 15) is 9.90 Å². The highest BCUT2D eigenvalue weighted by molar-refractivity contribution is 6.12. The van der Waals surface area contributed by atoms with Crippen LogP contribution >= 0.6 is 0 Å². The smallest absolute Gasteiger partial charge is 0.231 e. The van der Waals surface area contributed by atoms with Crippen molar-refractivity contribution in [2.75, 3.05) is 13.2 Å². The fraction of sp³-hybridized carbons (Fsp3) is 0.308. The minimum Gasteiger partial charge on any atom is -0.508 e. The molecule has 0 aliphatic carbocycles. The van der Waals surface area contributed by atoms with E-state index in [0.717, 1.165) is 18.4 Å². The quantitative estimate of drug-likeness (QED) is 0.695. The third-order valence-electron chi connectivity index (χ3n) is 3.05. The molecule has 88 valence electrons. The highest BCUT2D eigenvalue weighted by Crippen LogP contribution is 2.36. The van der Waals surface area contributed by atoms with Crippen LogP contribution in [0.15, 0.2) is 29.5 Å². The number of carbonyl (C=O) groups is 1. The normalized spacial score (nSPS) is 19.2. The van der Waals surface area contributed by atoms with Gasteiger partial charge in [-0.05, 0) is 30.5 Å². The zero-order chi connectivity index (χ0) is 11.8. The summed E-state index contributed by atoms with van der Waals surface area (Å²) in [5.74, 6) is 0.893. The van der Waals surface area contributed by atoms with Gasteiger partial charge in [-0.2, -0.15) is 0 Å². The van der Waals surface area contributed by atoms with Gasteiger partial charge in [0.15, 0.2) is 5.76 Å². The van der Waals surface area contributed by atoms with Crippen molar-refractivity contribution in [2.24, 2.45) is 0 Å².